The van der Waals surface area contributed by atoms with Crippen molar-refractivity contribution in [2.75, 3.05) is 18.1 Å². The Bertz CT molecular complexity index is 1130. The van der Waals surface area contributed by atoms with Crippen LogP contribution in [-0.2, 0) is 0 Å². The molecule has 0 aliphatic carbocycles. The zero-order chi connectivity index (χ0) is 20.2. The van der Waals surface area contributed by atoms with Gasteiger partial charge in [-0.2, -0.15) is 11.8 Å². The van der Waals surface area contributed by atoms with E-state index in [1.807, 2.05) is 40.6 Å². The van der Waals surface area contributed by atoms with Crippen LogP contribution in [0, 0.1) is 5.82 Å². The third-order valence-corrected chi connectivity index (χ3v) is 6.89. The predicted molar refractivity (Wildman–Crippen MR) is 121 cm³/mol. The Balaban J connectivity index is 1.48. The number of amides is 1. The molecule has 2 aromatic carbocycles. The third kappa shape index (κ3) is 4.46. The number of fused-ring (bicyclic) bond motifs is 3. The second kappa shape index (κ2) is 8.97. The summed E-state index contributed by atoms with van der Waals surface area (Å²) < 4.78 is 16.2. The highest BCUT2D eigenvalue weighted by Crippen LogP contribution is 2.30. The van der Waals surface area contributed by atoms with Gasteiger partial charge in [0, 0.05) is 23.9 Å². The van der Waals surface area contributed by atoms with E-state index in [1.54, 1.807) is 23.5 Å². The van der Waals surface area contributed by atoms with Crippen molar-refractivity contribution in [3.05, 3.63) is 60.0 Å². The van der Waals surface area contributed by atoms with Gasteiger partial charge in [0.05, 0.1) is 15.9 Å². The maximum absolute atomic E-state index is 13.1. The van der Waals surface area contributed by atoms with Crippen molar-refractivity contribution in [3.8, 4) is 11.3 Å². The molecule has 1 N–H and O–H groups in total. The van der Waals surface area contributed by atoms with Gasteiger partial charge in [0.25, 0.3) is 5.91 Å². The highest BCUT2D eigenvalue weighted by molar-refractivity contribution is 7.99. The highest BCUT2D eigenvalue weighted by atomic mass is 32.2. The molecule has 4 aromatic rings. The monoisotopic (exact) mass is 427 g/mol. The van der Waals surface area contributed by atoms with Gasteiger partial charge in [0.2, 0.25) is 0 Å². The van der Waals surface area contributed by atoms with E-state index < -0.39 is 0 Å². The molecule has 0 bridgehead atoms. The summed E-state index contributed by atoms with van der Waals surface area (Å²) in [5.74, 6) is 1.95. The normalized spacial score (nSPS) is 11.4. The predicted octanol–water partition coefficient (Wildman–Crippen LogP) is 5.62. The van der Waals surface area contributed by atoms with Gasteiger partial charge in [-0.05, 0) is 66.8 Å². The molecule has 2 aromatic heterocycles. The van der Waals surface area contributed by atoms with E-state index in [0.29, 0.717) is 12.1 Å². The lowest BCUT2D eigenvalue weighted by atomic mass is 10.2. The largest absolute Gasteiger partial charge is 0.352 e. The summed E-state index contributed by atoms with van der Waals surface area (Å²) in [6.07, 6.45) is 4.12. The number of nitrogens with one attached hydrogen (secondary N) is 1. The second-order valence-corrected chi connectivity index (χ2v) is 9.03. The number of hydrogen-bond acceptors (Lipinski definition) is 4. The zero-order valence-electron chi connectivity index (χ0n) is 16.2. The van der Waals surface area contributed by atoms with Crippen LogP contribution in [0.15, 0.2) is 48.7 Å². The summed E-state index contributed by atoms with van der Waals surface area (Å²) in [6, 6.07) is 12.1. The summed E-state index contributed by atoms with van der Waals surface area (Å²) in [5, 5.41) is 3.00. The van der Waals surface area contributed by atoms with Gasteiger partial charge in [0.1, 0.15) is 5.82 Å². The molecule has 0 fully saturated rings. The molecule has 0 aliphatic heterocycles. The summed E-state index contributed by atoms with van der Waals surface area (Å²) in [5.41, 5.74) is 3.37. The molecule has 7 heteroatoms. The van der Waals surface area contributed by atoms with Crippen molar-refractivity contribution in [3.63, 3.8) is 0 Å². The van der Waals surface area contributed by atoms with Gasteiger partial charge in [0.15, 0.2) is 4.96 Å². The lowest BCUT2D eigenvalue weighted by molar-refractivity contribution is 0.0954. The van der Waals surface area contributed by atoms with Crippen molar-refractivity contribution >= 4 is 44.2 Å². The maximum Gasteiger partial charge on any atom is 0.251 e. The zero-order valence-corrected chi connectivity index (χ0v) is 17.8. The van der Waals surface area contributed by atoms with Crippen molar-refractivity contribution in [1.29, 1.82) is 0 Å². The van der Waals surface area contributed by atoms with Crippen LogP contribution in [0.2, 0.25) is 0 Å². The molecule has 29 heavy (non-hydrogen) atoms. The van der Waals surface area contributed by atoms with E-state index in [-0.39, 0.29) is 11.7 Å². The van der Waals surface area contributed by atoms with Crippen LogP contribution in [0.1, 0.15) is 30.1 Å². The molecule has 0 aliphatic rings. The van der Waals surface area contributed by atoms with E-state index in [0.717, 1.165) is 38.6 Å². The van der Waals surface area contributed by atoms with Crippen LogP contribution < -0.4 is 5.32 Å². The maximum atomic E-state index is 13.1. The highest BCUT2D eigenvalue weighted by Gasteiger charge is 2.13. The Morgan fingerprint density at radius 2 is 2.03 bits per heavy atom. The SMILES string of the molecule is CCCSCCCNC(=O)c1ccc2c(c1)sc1nc(-c3ccc(F)cc3)cn12. The molecule has 1 amide bonds. The Kier molecular flexibility index (Phi) is 6.16. The van der Waals surface area contributed by atoms with Crippen molar-refractivity contribution in [2.45, 2.75) is 19.8 Å². The Morgan fingerprint density at radius 1 is 1.21 bits per heavy atom. The number of halogens is 1. The molecule has 4 nitrogen and oxygen atoms in total. The summed E-state index contributed by atoms with van der Waals surface area (Å²) in [6.45, 7) is 2.87. The van der Waals surface area contributed by atoms with Crippen molar-refractivity contribution in [1.82, 2.24) is 14.7 Å². The topological polar surface area (TPSA) is 46.4 Å². The first kappa shape index (κ1) is 19.9. The average Bonchev–Trinajstić information content (AvgIpc) is 3.28. The molecule has 0 unspecified atom stereocenters. The van der Waals surface area contributed by atoms with Crippen LogP contribution >= 0.6 is 23.1 Å². The minimum atomic E-state index is -0.259. The first-order chi connectivity index (χ1) is 14.2. The molecule has 2 heterocycles. The lowest BCUT2D eigenvalue weighted by Crippen LogP contribution is -2.24. The van der Waals surface area contributed by atoms with E-state index >= 15 is 0 Å². The fourth-order valence-electron chi connectivity index (χ4n) is 3.13. The fourth-order valence-corrected chi connectivity index (χ4v) is 5.01. The first-order valence-electron chi connectivity index (χ1n) is 9.69. The van der Waals surface area contributed by atoms with Gasteiger partial charge < -0.3 is 5.32 Å². The third-order valence-electron chi connectivity index (χ3n) is 4.60. The van der Waals surface area contributed by atoms with Gasteiger partial charge >= 0.3 is 0 Å². The van der Waals surface area contributed by atoms with Crippen LogP contribution in [0.25, 0.3) is 26.4 Å². The van der Waals surface area contributed by atoms with Gasteiger partial charge in [-0.15, -0.1) is 0 Å². The molecule has 0 saturated carbocycles. The first-order valence-corrected chi connectivity index (χ1v) is 11.7. The minimum absolute atomic E-state index is 0.0366. The number of thioether (sulfide) groups is 1. The van der Waals surface area contributed by atoms with Gasteiger partial charge in [-0.3, -0.25) is 9.20 Å². The fraction of sp³-hybridized carbons (Fsp3) is 0.273. The van der Waals surface area contributed by atoms with Crippen LogP contribution in [0.4, 0.5) is 4.39 Å². The van der Waals surface area contributed by atoms with Gasteiger partial charge in [-0.1, -0.05) is 18.3 Å². The quantitative estimate of drug-likeness (QED) is 0.371. The average molecular weight is 428 g/mol. The molecular formula is C22H22FN3OS2. The molecular weight excluding hydrogens is 405 g/mol. The number of carbonyl (C=O) groups excluding carboxylic acids is 1. The van der Waals surface area contributed by atoms with Crippen LogP contribution in [-0.4, -0.2) is 33.3 Å². The summed E-state index contributed by atoms with van der Waals surface area (Å²) in [7, 11) is 0. The van der Waals surface area contributed by atoms with E-state index in [4.69, 9.17) is 0 Å². The number of rotatable bonds is 8. The number of hydrogen-bond donors (Lipinski definition) is 1. The molecule has 4 rings (SSSR count). The smallest absolute Gasteiger partial charge is 0.251 e. The second-order valence-electron chi connectivity index (χ2n) is 6.79. The van der Waals surface area contributed by atoms with Crippen LogP contribution in [0.5, 0.6) is 0 Å². The molecule has 0 atom stereocenters. The summed E-state index contributed by atoms with van der Waals surface area (Å²) >= 11 is 3.47. The standard InChI is InChI=1S/C22H22FN3OS2/c1-2-11-28-12-3-10-24-21(27)16-6-9-19-20(13-16)29-22-25-18(14-26(19)22)15-4-7-17(23)8-5-15/h4-9,13-14H,2-3,10-12H2,1H3,(H,24,27). The Morgan fingerprint density at radius 3 is 2.83 bits per heavy atom. The molecule has 150 valence electrons. The summed E-state index contributed by atoms with van der Waals surface area (Å²) in [4.78, 5) is 17.9. The van der Waals surface area contributed by atoms with Crippen LogP contribution in [0.3, 0.4) is 0 Å². The van der Waals surface area contributed by atoms with Gasteiger partial charge in [-0.25, -0.2) is 9.37 Å². The lowest BCUT2D eigenvalue weighted by Gasteiger charge is -2.05. The number of benzene rings is 2. The van der Waals surface area contributed by atoms with E-state index in [2.05, 4.69) is 17.2 Å². The molecule has 0 spiro atoms. The van der Waals surface area contributed by atoms with E-state index in [9.17, 15) is 9.18 Å². The molecule has 0 saturated heterocycles. The van der Waals surface area contributed by atoms with Crippen molar-refractivity contribution in [2.24, 2.45) is 0 Å². The van der Waals surface area contributed by atoms with Crippen molar-refractivity contribution < 1.29 is 9.18 Å². The Hall–Kier alpha value is -2.38. The molecule has 0 radical (unpaired) electrons. The number of thiazole rings is 1. The number of nitrogens with zero attached hydrogens (tertiary/aromatic N) is 2. The minimum Gasteiger partial charge on any atom is -0.352 e. The van der Waals surface area contributed by atoms with E-state index in [1.165, 1.54) is 24.3 Å². The number of imidazole rings is 1. The Labute approximate surface area is 177 Å². The number of aromatic nitrogens is 2. The number of carbonyl (C=O) groups is 1.